The van der Waals surface area contributed by atoms with Crippen LogP contribution in [0.5, 0.6) is 11.5 Å². The molecular weight excluding hydrogens is 374 g/mol. The zero-order valence-electron chi connectivity index (χ0n) is 15.3. The Balaban J connectivity index is 1.68. The summed E-state index contributed by atoms with van der Waals surface area (Å²) in [6.45, 7) is 0. The molecule has 0 amide bonds. The summed E-state index contributed by atoms with van der Waals surface area (Å²) in [6, 6.07) is 15.3. The molecule has 2 heterocycles. The Hall–Kier alpha value is -3.45. The number of aromatic nitrogens is 3. The molecule has 0 saturated carbocycles. The molecule has 0 N–H and O–H groups in total. The summed E-state index contributed by atoms with van der Waals surface area (Å²) in [5.41, 5.74) is 1.64. The third-order valence-corrected chi connectivity index (χ3v) is 5.14. The lowest BCUT2D eigenvalue weighted by atomic mass is 10.2. The molecule has 0 aliphatic heterocycles. The fourth-order valence-corrected chi connectivity index (χ4v) is 3.62. The fraction of sp³-hybridized carbons (Fsp3) is 0.0952. The molecule has 6 nitrogen and oxygen atoms in total. The maximum Gasteiger partial charge on any atom is 0.291 e. The monoisotopic (exact) mass is 391 g/mol. The van der Waals surface area contributed by atoms with Gasteiger partial charge >= 0.3 is 0 Å². The molecule has 0 bridgehead atoms. The Morgan fingerprint density at radius 3 is 2.54 bits per heavy atom. The molecule has 0 fully saturated rings. The van der Waals surface area contributed by atoms with E-state index in [1.165, 1.54) is 15.9 Å². The van der Waals surface area contributed by atoms with Gasteiger partial charge in [0.1, 0.15) is 0 Å². The summed E-state index contributed by atoms with van der Waals surface area (Å²) in [6.07, 6.45) is 5.59. The molecule has 140 valence electrons. The first-order valence-corrected chi connectivity index (χ1v) is 9.36. The summed E-state index contributed by atoms with van der Waals surface area (Å²) in [7, 11) is 3.15. The van der Waals surface area contributed by atoms with Crippen LogP contribution in [0.1, 0.15) is 5.56 Å². The molecule has 7 heteroatoms. The molecule has 28 heavy (non-hydrogen) atoms. The standard InChI is InChI=1S/C21H17N3O3S/c1-26-16-12-11-15(13-17(16)27-2)19-22-21-24(23-19)20(25)18(28-21)10-6-9-14-7-4-3-5-8-14/h3-13H,1-2H3/b9-6+,18-10-. The quantitative estimate of drug-likeness (QED) is 0.523. The topological polar surface area (TPSA) is 65.7 Å². The molecule has 2 aromatic heterocycles. The number of hydrogen-bond donors (Lipinski definition) is 0. The van der Waals surface area contributed by atoms with Gasteiger partial charge in [-0.05, 0) is 29.8 Å². The van der Waals surface area contributed by atoms with Crippen molar-refractivity contribution in [3.8, 4) is 22.9 Å². The minimum absolute atomic E-state index is 0.183. The number of nitrogens with zero attached hydrogens (tertiary/aromatic N) is 3. The van der Waals surface area contributed by atoms with Crippen LogP contribution in [-0.4, -0.2) is 28.8 Å². The number of thiazole rings is 1. The van der Waals surface area contributed by atoms with Crippen LogP contribution in [0.4, 0.5) is 0 Å². The average Bonchev–Trinajstić information content (AvgIpc) is 3.28. The lowest BCUT2D eigenvalue weighted by Gasteiger charge is -2.07. The van der Waals surface area contributed by atoms with E-state index in [9.17, 15) is 4.79 Å². The Morgan fingerprint density at radius 2 is 1.82 bits per heavy atom. The van der Waals surface area contributed by atoms with Gasteiger partial charge in [-0.2, -0.15) is 9.50 Å². The molecule has 0 aliphatic rings. The van der Waals surface area contributed by atoms with Crippen molar-refractivity contribution in [1.29, 1.82) is 0 Å². The van der Waals surface area contributed by atoms with E-state index >= 15 is 0 Å². The summed E-state index contributed by atoms with van der Waals surface area (Å²) < 4.78 is 12.5. The molecule has 2 aromatic carbocycles. The normalized spacial score (nSPS) is 12.1. The summed E-state index contributed by atoms with van der Waals surface area (Å²) in [5, 5.41) is 4.36. The van der Waals surface area contributed by atoms with Crippen molar-refractivity contribution in [2.75, 3.05) is 14.2 Å². The molecule has 0 aliphatic carbocycles. The molecule has 0 radical (unpaired) electrons. The van der Waals surface area contributed by atoms with E-state index in [0.717, 1.165) is 11.1 Å². The molecule has 4 aromatic rings. The summed E-state index contributed by atoms with van der Waals surface area (Å²) in [4.78, 5) is 17.6. The highest BCUT2D eigenvalue weighted by Crippen LogP contribution is 2.31. The van der Waals surface area contributed by atoms with Crippen LogP contribution in [0, 0.1) is 0 Å². The average molecular weight is 391 g/mol. The SMILES string of the molecule is COc1ccc(-c2nc3s/c(=C\C=C\c4ccccc4)c(=O)n3n2)cc1OC. The van der Waals surface area contributed by atoms with Crippen molar-refractivity contribution < 1.29 is 9.47 Å². The second-order valence-electron chi connectivity index (χ2n) is 5.91. The predicted molar refractivity (Wildman–Crippen MR) is 111 cm³/mol. The Bertz CT molecular complexity index is 1260. The van der Waals surface area contributed by atoms with Crippen molar-refractivity contribution in [1.82, 2.24) is 14.6 Å². The van der Waals surface area contributed by atoms with Crippen molar-refractivity contribution in [2.24, 2.45) is 0 Å². The highest BCUT2D eigenvalue weighted by atomic mass is 32.1. The zero-order chi connectivity index (χ0) is 19.5. The first-order valence-electron chi connectivity index (χ1n) is 8.55. The first kappa shape index (κ1) is 17.9. The lowest BCUT2D eigenvalue weighted by molar-refractivity contribution is 0.355. The van der Waals surface area contributed by atoms with Gasteiger partial charge < -0.3 is 9.47 Å². The van der Waals surface area contributed by atoms with E-state index in [0.29, 0.717) is 26.8 Å². The highest BCUT2D eigenvalue weighted by Gasteiger charge is 2.13. The summed E-state index contributed by atoms with van der Waals surface area (Å²) >= 11 is 1.31. The lowest BCUT2D eigenvalue weighted by Crippen LogP contribution is -2.23. The fourth-order valence-electron chi connectivity index (χ4n) is 2.76. The van der Waals surface area contributed by atoms with Crippen LogP contribution in [0.25, 0.3) is 28.5 Å². The van der Waals surface area contributed by atoms with Gasteiger partial charge in [0.15, 0.2) is 17.3 Å². The smallest absolute Gasteiger partial charge is 0.291 e. The Morgan fingerprint density at radius 1 is 1.04 bits per heavy atom. The second-order valence-corrected chi connectivity index (χ2v) is 6.92. The molecular formula is C21H17N3O3S. The third kappa shape index (κ3) is 3.39. The van der Waals surface area contributed by atoms with Crippen LogP contribution < -0.4 is 19.6 Å². The second kappa shape index (κ2) is 7.66. The van der Waals surface area contributed by atoms with Crippen molar-refractivity contribution in [2.45, 2.75) is 0 Å². The van der Waals surface area contributed by atoms with Crippen molar-refractivity contribution >= 4 is 28.4 Å². The van der Waals surface area contributed by atoms with E-state index in [2.05, 4.69) is 10.1 Å². The number of hydrogen-bond acceptors (Lipinski definition) is 6. The van der Waals surface area contributed by atoms with E-state index in [1.54, 1.807) is 32.4 Å². The largest absolute Gasteiger partial charge is 0.493 e. The van der Waals surface area contributed by atoms with Gasteiger partial charge in [0.25, 0.3) is 5.56 Å². The number of ether oxygens (including phenoxy) is 2. The van der Waals surface area contributed by atoms with E-state index in [4.69, 9.17) is 9.47 Å². The van der Waals surface area contributed by atoms with Crippen LogP contribution in [0.3, 0.4) is 0 Å². The molecule has 4 rings (SSSR count). The van der Waals surface area contributed by atoms with Gasteiger partial charge in [0.2, 0.25) is 4.96 Å². The Labute approximate surface area is 165 Å². The van der Waals surface area contributed by atoms with E-state index in [-0.39, 0.29) is 5.56 Å². The van der Waals surface area contributed by atoms with E-state index < -0.39 is 0 Å². The minimum atomic E-state index is -0.183. The molecule has 0 atom stereocenters. The zero-order valence-corrected chi connectivity index (χ0v) is 16.1. The minimum Gasteiger partial charge on any atom is -0.493 e. The van der Waals surface area contributed by atoms with Crippen LogP contribution >= 0.6 is 11.3 Å². The van der Waals surface area contributed by atoms with Crippen LogP contribution in [-0.2, 0) is 0 Å². The van der Waals surface area contributed by atoms with Crippen molar-refractivity contribution in [3.05, 3.63) is 75.1 Å². The predicted octanol–water partition coefficient (Wildman–Crippen LogP) is 3.05. The third-order valence-electron chi connectivity index (χ3n) is 4.16. The van der Waals surface area contributed by atoms with Gasteiger partial charge in [-0.1, -0.05) is 53.8 Å². The Kier molecular flexibility index (Phi) is 4.90. The number of fused-ring (bicyclic) bond motifs is 1. The van der Waals surface area contributed by atoms with Gasteiger partial charge in [0.05, 0.1) is 18.8 Å². The molecule has 0 unspecified atom stereocenters. The number of rotatable bonds is 5. The van der Waals surface area contributed by atoms with E-state index in [1.807, 2.05) is 48.6 Å². The molecule has 0 spiro atoms. The number of benzene rings is 2. The molecule has 0 saturated heterocycles. The highest BCUT2D eigenvalue weighted by molar-refractivity contribution is 7.15. The van der Waals surface area contributed by atoms with Gasteiger partial charge in [-0.15, -0.1) is 5.10 Å². The van der Waals surface area contributed by atoms with Gasteiger partial charge in [0, 0.05) is 5.56 Å². The van der Waals surface area contributed by atoms with Crippen LogP contribution in [0.15, 0.2) is 59.4 Å². The summed E-state index contributed by atoms with van der Waals surface area (Å²) in [5.74, 6) is 1.68. The van der Waals surface area contributed by atoms with Gasteiger partial charge in [-0.25, -0.2) is 0 Å². The van der Waals surface area contributed by atoms with Gasteiger partial charge in [-0.3, -0.25) is 4.79 Å². The maximum atomic E-state index is 12.6. The number of allylic oxidation sites excluding steroid dienone is 1. The maximum absolute atomic E-state index is 12.6. The number of methoxy groups -OCH3 is 2. The first-order chi connectivity index (χ1) is 13.7. The van der Waals surface area contributed by atoms with Crippen LogP contribution in [0.2, 0.25) is 0 Å². The van der Waals surface area contributed by atoms with Crippen molar-refractivity contribution in [3.63, 3.8) is 0 Å².